The molecule has 0 unspecified atom stereocenters. The Kier molecular flexibility index (Phi) is 2.48. The van der Waals surface area contributed by atoms with Crippen molar-refractivity contribution in [3.05, 3.63) is 58.8 Å². The van der Waals surface area contributed by atoms with Gasteiger partial charge in [0.15, 0.2) is 0 Å². The topological polar surface area (TPSA) is 50.2 Å². The van der Waals surface area contributed by atoms with Gasteiger partial charge in [-0.1, -0.05) is 37.3 Å². The minimum absolute atomic E-state index is 0.158. The van der Waals surface area contributed by atoms with E-state index in [0.29, 0.717) is 5.65 Å². The Bertz CT molecular complexity index is 741. The second kappa shape index (κ2) is 4.14. The average Bonchev–Trinajstić information content (AvgIpc) is 2.80. The fraction of sp³-hybridized carbons (Fsp3) is 0.143. The van der Waals surface area contributed by atoms with Gasteiger partial charge in [-0.05, 0) is 6.42 Å². The zero-order valence-electron chi connectivity index (χ0n) is 10.1. The van der Waals surface area contributed by atoms with E-state index in [1.54, 1.807) is 6.20 Å². The van der Waals surface area contributed by atoms with Crippen molar-refractivity contribution in [2.45, 2.75) is 13.3 Å². The van der Waals surface area contributed by atoms with Crippen molar-refractivity contribution in [1.29, 1.82) is 0 Å². The van der Waals surface area contributed by atoms with Crippen molar-refractivity contribution >= 4 is 5.65 Å². The lowest BCUT2D eigenvalue weighted by Crippen LogP contribution is -2.09. The van der Waals surface area contributed by atoms with Crippen LogP contribution in [-0.4, -0.2) is 14.4 Å². The van der Waals surface area contributed by atoms with E-state index in [1.165, 1.54) is 0 Å². The summed E-state index contributed by atoms with van der Waals surface area (Å²) in [5.74, 6) is 0. The fourth-order valence-corrected chi connectivity index (χ4v) is 2.20. The molecule has 0 atom stereocenters. The third kappa shape index (κ3) is 1.54. The van der Waals surface area contributed by atoms with E-state index in [9.17, 15) is 4.79 Å². The number of hydrogen-bond donors (Lipinski definition) is 1. The lowest BCUT2D eigenvalue weighted by atomic mass is 10.1. The van der Waals surface area contributed by atoms with Crippen LogP contribution in [0.3, 0.4) is 0 Å². The molecule has 2 aromatic heterocycles. The number of fused-ring (bicyclic) bond motifs is 1. The lowest BCUT2D eigenvalue weighted by molar-refractivity contribution is 0.976. The van der Waals surface area contributed by atoms with Crippen molar-refractivity contribution in [1.82, 2.24) is 14.4 Å². The third-order valence-corrected chi connectivity index (χ3v) is 3.03. The summed E-state index contributed by atoms with van der Waals surface area (Å²) in [6, 6.07) is 9.94. The predicted octanol–water partition coefficient (Wildman–Crippen LogP) is 2.25. The highest BCUT2D eigenvalue weighted by Crippen LogP contribution is 2.23. The van der Waals surface area contributed by atoms with Crippen molar-refractivity contribution < 1.29 is 0 Å². The van der Waals surface area contributed by atoms with Crippen LogP contribution < -0.4 is 5.56 Å². The molecule has 4 nitrogen and oxygen atoms in total. The van der Waals surface area contributed by atoms with E-state index in [1.807, 2.05) is 40.9 Å². The summed E-state index contributed by atoms with van der Waals surface area (Å²) < 4.78 is 1.86. The molecule has 0 aliphatic carbocycles. The zero-order chi connectivity index (χ0) is 12.5. The van der Waals surface area contributed by atoms with Crippen LogP contribution in [0.25, 0.3) is 16.9 Å². The van der Waals surface area contributed by atoms with Gasteiger partial charge in [-0.2, -0.15) is 0 Å². The molecule has 3 aromatic rings. The lowest BCUT2D eigenvalue weighted by Gasteiger charge is -2.01. The largest absolute Gasteiger partial charge is 0.324 e. The molecule has 0 aliphatic rings. The van der Waals surface area contributed by atoms with Gasteiger partial charge in [0.05, 0.1) is 11.4 Å². The maximum Gasteiger partial charge on any atom is 0.291 e. The first-order valence-corrected chi connectivity index (χ1v) is 5.95. The number of imidazole rings is 1. The van der Waals surface area contributed by atoms with Crippen molar-refractivity contribution in [2.24, 2.45) is 0 Å². The Labute approximate surface area is 104 Å². The Balaban J connectivity index is 2.37. The Morgan fingerprint density at radius 2 is 2.06 bits per heavy atom. The number of aromatic nitrogens is 3. The number of aryl methyl sites for hydroxylation is 1. The van der Waals surface area contributed by atoms with E-state index >= 15 is 0 Å². The summed E-state index contributed by atoms with van der Waals surface area (Å²) in [6.45, 7) is 2.07. The first-order valence-electron chi connectivity index (χ1n) is 5.95. The maximum atomic E-state index is 11.8. The van der Waals surface area contributed by atoms with Gasteiger partial charge in [0.2, 0.25) is 5.65 Å². The minimum atomic E-state index is -0.158. The smallest absolute Gasteiger partial charge is 0.291 e. The molecule has 0 saturated heterocycles. The Hall–Kier alpha value is -2.36. The summed E-state index contributed by atoms with van der Waals surface area (Å²) in [5, 5.41) is 0. The van der Waals surface area contributed by atoms with Crippen LogP contribution in [0.4, 0.5) is 0 Å². The number of nitrogens with one attached hydrogen (secondary N) is 1. The molecule has 0 radical (unpaired) electrons. The van der Waals surface area contributed by atoms with Gasteiger partial charge in [0.1, 0.15) is 0 Å². The van der Waals surface area contributed by atoms with E-state index in [4.69, 9.17) is 0 Å². The molecule has 0 spiro atoms. The van der Waals surface area contributed by atoms with Crippen LogP contribution in [0.15, 0.2) is 47.5 Å². The van der Waals surface area contributed by atoms with Gasteiger partial charge in [0, 0.05) is 18.0 Å². The first kappa shape index (κ1) is 10.8. The van der Waals surface area contributed by atoms with Crippen LogP contribution in [0.2, 0.25) is 0 Å². The molecule has 1 N–H and O–H groups in total. The van der Waals surface area contributed by atoms with E-state index in [-0.39, 0.29) is 5.56 Å². The van der Waals surface area contributed by atoms with Crippen LogP contribution >= 0.6 is 0 Å². The first-order chi connectivity index (χ1) is 8.81. The van der Waals surface area contributed by atoms with Crippen molar-refractivity contribution in [3.63, 3.8) is 0 Å². The van der Waals surface area contributed by atoms with Gasteiger partial charge >= 0.3 is 0 Å². The molecule has 0 fully saturated rings. The van der Waals surface area contributed by atoms with Crippen LogP contribution in [0, 0.1) is 0 Å². The highest BCUT2D eigenvalue weighted by atomic mass is 16.1. The van der Waals surface area contributed by atoms with Crippen molar-refractivity contribution in [2.75, 3.05) is 0 Å². The quantitative estimate of drug-likeness (QED) is 0.745. The molecule has 18 heavy (non-hydrogen) atoms. The number of H-pyrrole nitrogens is 1. The van der Waals surface area contributed by atoms with E-state index in [0.717, 1.165) is 23.4 Å². The Morgan fingerprint density at radius 1 is 1.28 bits per heavy atom. The molecule has 4 heteroatoms. The van der Waals surface area contributed by atoms with Gasteiger partial charge in [-0.3, -0.25) is 9.20 Å². The van der Waals surface area contributed by atoms with Gasteiger partial charge in [-0.15, -0.1) is 0 Å². The summed E-state index contributed by atoms with van der Waals surface area (Å²) in [6.07, 6.45) is 4.31. The summed E-state index contributed by atoms with van der Waals surface area (Å²) in [4.78, 5) is 18.9. The van der Waals surface area contributed by atoms with Gasteiger partial charge < -0.3 is 4.98 Å². The monoisotopic (exact) mass is 239 g/mol. The molecule has 3 rings (SSSR count). The Morgan fingerprint density at radius 3 is 2.78 bits per heavy atom. The SMILES string of the molecule is CCc1c(-c2ccccc2)nc2c(=O)[nH]ccn12. The maximum absolute atomic E-state index is 11.8. The number of hydrogen-bond acceptors (Lipinski definition) is 2. The molecule has 0 saturated carbocycles. The second-order valence-electron chi connectivity index (χ2n) is 4.11. The molecule has 0 aliphatic heterocycles. The van der Waals surface area contributed by atoms with Crippen LogP contribution in [0.5, 0.6) is 0 Å². The molecule has 0 amide bonds. The summed E-state index contributed by atoms with van der Waals surface area (Å²) in [5.41, 5.74) is 3.28. The van der Waals surface area contributed by atoms with E-state index in [2.05, 4.69) is 16.9 Å². The van der Waals surface area contributed by atoms with Gasteiger partial charge in [0.25, 0.3) is 5.56 Å². The highest BCUT2D eigenvalue weighted by Gasteiger charge is 2.13. The van der Waals surface area contributed by atoms with Crippen LogP contribution in [0.1, 0.15) is 12.6 Å². The fourth-order valence-electron chi connectivity index (χ4n) is 2.20. The zero-order valence-corrected chi connectivity index (χ0v) is 10.1. The normalized spacial score (nSPS) is 10.9. The summed E-state index contributed by atoms with van der Waals surface area (Å²) >= 11 is 0. The standard InChI is InChI=1S/C14H13N3O/c1-2-11-12(10-6-4-3-5-7-10)16-13-14(18)15-8-9-17(11)13/h3-9H,2H2,1H3,(H,15,18). The predicted molar refractivity (Wildman–Crippen MR) is 70.6 cm³/mol. The average molecular weight is 239 g/mol. The van der Waals surface area contributed by atoms with Crippen LogP contribution in [-0.2, 0) is 6.42 Å². The molecule has 0 bridgehead atoms. The number of nitrogens with zero attached hydrogens (tertiary/aromatic N) is 2. The second-order valence-corrected chi connectivity index (χ2v) is 4.11. The number of benzene rings is 1. The van der Waals surface area contributed by atoms with Crippen molar-refractivity contribution in [3.8, 4) is 11.3 Å². The molecular weight excluding hydrogens is 226 g/mol. The van der Waals surface area contributed by atoms with Gasteiger partial charge in [-0.25, -0.2) is 4.98 Å². The highest BCUT2D eigenvalue weighted by molar-refractivity contribution is 5.66. The van der Waals surface area contributed by atoms with E-state index < -0.39 is 0 Å². The molecule has 90 valence electrons. The number of rotatable bonds is 2. The molecule has 1 aromatic carbocycles. The third-order valence-electron chi connectivity index (χ3n) is 3.03. The summed E-state index contributed by atoms with van der Waals surface area (Å²) in [7, 11) is 0. The molecular formula is C14H13N3O. The minimum Gasteiger partial charge on any atom is -0.324 e. The molecule has 2 heterocycles. The number of aromatic amines is 1.